The number of hydrogen-bond acceptors (Lipinski definition) is 5. The maximum Gasteiger partial charge on any atom is 0.361 e. The van der Waals surface area contributed by atoms with E-state index in [9.17, 15) is 4.79 Å². The van der Waals surface area contributed by atoms with Crippen LogP contribution < -0.4 is 0 Å². The minimum Gasteiger partial charge on any atom is -0.461 e. The number of nitrogens with zero attached hydrogens (tertiary/aromatic N) is 3. The van der Waals surface area contributed by atoms with Crippen molar-refractivity contribution < 1.29 is 9.53 Å². The quantitative estimate of drug-likeness (QED) is 0.714. The number of benzene rings is 1. The average Bonchev–Trinajstić information content (AvgIpc) is 3.19. The highest BCUT2D eigenvalue weighted by molar-refractivity contribution is 5.94. The first-order chi connectivity index (χ1) is 10.3. The maximum atomic E-state index is 11.9. The molecule has 0 radical (unpaired) electrons. The van der Waals surface area contributed by atoms with Crippen LogP contribution in [-0.2, 0) is 4.74 Å². The Morgan fingerprint density at radius 2 is 2.10 bits per heavy atom. The van der Waals surface area contributed by atoms with Crippen molar-refractivity contribution in [3.63, 3.8) is 0 Å². The summed E-state index contributed by atoms with van der Waals surface area (Å²) in [5, 5.41) is 17.1. The highest BCUT2D eigenvalue weighted by atomic mass is 16.5. The van der Waals surface area contributed by atoms with E-state index in [1.54, 1.807) is 19.3 Å². The first-order valence-electron chi connectivity index (χ1n) is 6.47. The van der Waals surface area contributed by atoms with Crippen molar-refractivity contribution in [3.05, 3.63) is 42.4 Å². The number of nitrogens with one attached hydrogen (secondary N) is 2. The third-order valence-electron chi connectivity index (χ3n) is 2.98. The van der Waals surface area contributed by atoms with Crippen molar-refractivity contribution in [2.75, 3.05) is 6.61 Å². The molecule has 0 spiro atoms. The van der Waals surface area contributed by atoms with Crippen LogP contribution in [0.25, 0.3) is 22.4 Å². The molecule has 0 atom stereocenters. The monoisotopic (exact) mass is 283 g/mol. The summed E-state index contributed by atoms with van der Waals surface area (Å²) in [5.74, 6) is -0.491. The van der Waals surface area contributed by atoms with E-state index in [4.69, 9.17) is 4.74 Å². The molecule has 2 heterocycles. The van der Waals surface area contributed by atoms with Gasteiger partial charge in [-0.25, -0.2) is 4.79 Å². The van der Waals surface area contributed by atoms with Gasteiger partial charge in [-0.3, -0.25) is 5.10 Å². The van der Waals surface area contributed by atoms with Crippen LogP contribution in [0.1, 0.15) is 17.4 Å². The minimum atomic E-state index is -0.491. The third kappa shape index (κ3) is 2.53. The number of aromatic nitrogens is 5. The molecule has 2 N–H and O–H groups in total. The van der Waals surface area contributed by atoms with Crippen LogP contribution in [-0.4, -0.2) is 38.2 Å². The van der Waals surface area contributed by atoms with E-state index >= 15 is 0 Å². The fraction of sp³-hybridized carbons (Fsp3) is 0.143. The molecule has 0 saturated carbocycles. The number of ether oxygens (including phenoxy) is 1. The fourth-order valence-electron chi connectivity index (χ4n) is 2.03. The molecule has 0 aliphatic carbocycles. The molecule has 2 aromatic heterocycles. The van der Waals surface area contributed by atoms with Gasteiger partial charge < -0.3 is 4.74 Å². The summed E-state index contributed by atoms with van der Waals surface area (Å²) in [5.41, 5.74) is 3.36. The first kappa shape index (κ1) is 13.0. The van der Waals surface area contributed by atoms with Crippen molar-refractivity contribution in [2.45, 2.75) is 6.92 Å². The lowest BCUT2D eigenvalue weighted by Crippen LogP contribution is -2.06. The van der Waals surface area contributed by atoms with Crippen molar-refractivity contribution in [3.8, 4) is 22.4 Å². The Morgan fingerprint density at radius 1 is 1.24 bits per heavy atom. The van der Waals surface area contributed by atoms with Gasteiger partial charge in [-0.1, -0.05) is 18.2 Å². The highest BCUT2D eigenvalue weighted by Gasteiger charge is 2.19. The Morgan fingerprint density at radius 3 is 2.86 bits per heavy atom. The van der Waals surface area contributed by atoms with Crippen LogP contribution in [0.2, 0.25) is 0 Å². The molecule has 106 valence electrons. The number of rotatable bonds is 4. The molecular formula is C14H13N5O2. The maximum absolute atomic E-state index is 11.9. The first-order valence-corrected chi connectivity index (χ1v) is 6.47. The summed E-state index contributed by atoms with van der Waals surface area (Å²) < 4.78 is 4.97. The molecule has 1 aromatic carbocycles. The van der Waals surface area contributed by atoms with Crippen LogP contribution in [0, 0.1) is 0 Å². The van der Waals surface area contributed by atoms with E-state index in [-0.39, 0.29) is 5.69 Å². The van der Waals surface area contributed by atoms with Gasteiger partial charge in [0, 0.05) is 17.3 Å². The highest BCUT2D eigenvalue weighted by Crippen LogP contribution is 2.26. The Bertz CT molecular complexity index is 748. The van der Waals surface area contributed by atoms with E-state index < -0.39 is 5.97 Å². The Kier molecular flexibility index (Phi) is 3.46. The summed E-state index contributed by atoms with van der Waals surface area (Å²) in [7, 11) is 0. The van der Waals surface area contributed by atoms with Gasteiger partial charge in [0.15, 0.2) is 5.69 Å². The molecule has 0 bridgehead atoms. The van der Waals surface area contributed by atoms with E-state index in [0.29, 0.717) is 12.3 Å². The van der Waals surface area contributed by atoms with Crippen LogP contribution in [0.15, 0.2) is 36.7 Å². The molecule has 0 amide bonds. The zero-order chi connectivity index (χ0) is 14.7. The summed E-state index contributed by atoms with van der Waals surface area (Å²) in [6.45, 7) is 2.04. The van der Waals surface area contributed by atoms with Gasteiger partial charge in [0.2, 0.25) is 0 Å². The molecule has 0 unspecified atom stereocenters. The second-order valence-corrected chi connectivity index (χ2v) is 4.31. The zero-order valence-corrected chi connectivity index (χ0v) is 11.3. The molecule has 3 aromatic rings. The van der Waals surface area contributed by atoms with Gasteiger partial charge in [-0.05, 0) is 18.6 Å². The van der Waals surface area contributed by atoms with Gasteiger partial charge in [0.25, 0.3) is 0 Å². The molecule has 7 heteroatoms. The molecule has 3 rings (SSSR count). The lowest BCUT2D eigenvalue weighted by molar-refractivity contribution is 0.0520. The molecule has 21 heavy (non-hydrogen) atoms. The number of carbonyl (C=O) groups excluding carboxylic acids is 1. The number of esters is 1. The van der Waals surface area contributed by atoms with E-state index in [0.717, 1.165) is 16.7 Å². The smallest absolute Gasteiger partial charge is 0.361 e. The number of hydrogen-bond donors (Lipinski definition) is 2. The zero-order valence-electron chi connectivity index (χ0n) is 11.3. The van der Waals surface area contributed by atoms with Crippen molar-refractivity contribution in [1.29, 1.82) is 0 Å². The fourth-order valence-corrected chi connectivity index (χ4v) is 2.03. The van der Waals surface area contributed by atoms with Gasteiger partial charge in [-0.2, -0.15) is 15.4 Å². The van der Waals surface area contributed by atoms with Crippen molar-refractivity contribution >= 4 is 5.97 Å². The molecule has 0 aliphatic heterocycles. The number of carbonyl (C=O) groups is 1. The summed E-state index contributed by atoms with van der Waals surface area (Å²) in [6.07, 6.45) is 3.53. The lowest BCUT2D eigenvalue weighted by Gasteiger charge is -2.03. The van der Waals surface area contributed by atoms with Crippen LogP contribution in [0.3, 0.4) is 0 Å². The molecular weight excluding hydrogens is 270 g/mol. The lowest BCUT2D eigenvalue weighted by atomic mass is 10.0. The Hall–Kier alpha value is -2.96. The van der Waals surface area contributed by atoms with E-state index in [2.05, 4.69) is 25.6 Å². The second kappa shape index (κ2) is 5.58. The number of aromatic amines is 2. The molecule has 0 saturated heterocycles. The minimum absolute atomic E-state index is 0.182. The van der Waals surface area contributed by atoms with Gasteiger partial charge in [-0.15, -0.1) is 5.10 Å². The molecule has 0 fully saturated rings. The van der Waals surface area contributed by atoms with Crippen molar-refractivity contribution in [2.24, 2.45) is 0 Å². The Labute approximate surface area is 120 Å². The average molecular weight is 283 g/mol. The van der Waals surface area contributed by atoms with E-state index in [1.165, 1.54) is 0 Å². The van der Waals surface area contributed by atoms with Crippen LogP contribution in [0.4, 0.5) is 0 Å². The SMILES string of the molecule is CCOC(=O)c1n[nH]nc1-c1cccc(-c2cn[nH]c2)c1. The van der Waals surface area contributed by atoms with Crippen molar-refractivity contribution in [1.82, 2.24) is 25.6 Å². The van der Waals surface area contributed by atoms with Crippen LogP contribution >= 0.6 is 0 Å². The predicted molar refractivity (Wildman–Crippen MR) is 75.4 cm³/mol. The summed E-state index contributed by atoms with van der Waals surface area (Å²) >= 11 is 0. The predicted octanol–water partition coefficient (Wildman–Crippen LogP) is 2.04. The molecule has 0 aliphatic rings. The molecule has 7 nitrogen and oxygen atoms in total. The van der Waals surface area contributed by atoms with E-state index in [1.807, 2.05) is 24.3 Å². The van der Waals surface area contributed by atoms with Crippen LogP contribution in [0.5, 0.6) is 0 Å². The number of H-pyrrole nitrogens is 2. The Balaban J connectivity index is 2.00. The summed E-state index contributed by atoms with van der Waals surface area (Å²) in [4.78, 5) is 11.9. The second-order valence-electron chi connectivity index (χ2n) is 4.31. The normalized spacial score (nSPS) is 10.5. The van der Waals surface area contributed by atoms with Gasteiger partial charge in [0.05, 0.1) is 12.8 Å². The third-order valence-corrected chi connectivity index (χ3v) is 2.98. The van der Waals surface area contributed by atoms with Gasteiger partial charge >= 0.3 is 5.97 Å². The van der Waals surface area contributed by atoms with Gasteiger partial charge in [0.1, 0.15) is 5.69 Å². The standard InChI is InChI=1S/C14H13N5O2/c1-2-21-14(20)13-12(17-19-18-13)10-5-3-4-9(6-10)11-7-15-16-8-11/h3-8H,2H2,1H3,(H,15,16)(H,17,18,19). The largest absolute Gasteiger partial charge is 0.461 e. The topological polar surface area (TPSA) is 96.6 Å². The summed E-state index contributed by atoms with van der Waals surface area (Å²) in [6, 6.07) is 7.63.